The van der Waals surface area contributed by atoms with E-state index in [1.54, 1.807) is 23.6 Å². The van der Waals surface area contributed by atoms with E-state index in [4.69, 9.17) is 16.3 Å². The Bertz CT molecular complexity index is 996. The first kappa shape index (κ1) is 24.2. The maximum absolute atomic E-state index is 12.4. The van der Waals surface area contributed by atoms with E-state index < -0.39 is 0 Å². The highest BCUT2D eigenvalue weighted by molar-refractivity contribution is 7.99. The summed E-state index contributed by atoms with van der Waals surface area (Å²) in [5.41, 5.74) is 4.14. The van der Waals surface area contributed by atoms with Crippen LogP contribution in [0.4, 0.5) is 11.4 Å². The first-order valence-corrected chi connectivity index (χ1v) is 12.1. The number of anilines is 2. The first-order chi connectivity index (χ1) is 15.6. The molecule has 0 aliphatic carbocycles. The van der Waals surface area contributed by atoms with Crippen molar-refractivity contribution < 1.29 is 9.53 Å². The van der Waals surface area contributed by atoms with E-state index >= 15 is 0 Å². The lowest BCUT2D eigenvalue weighted by Crippen LogP contribution is -2.32. The molecule has 3 aromatic carbocycles. The molecule has 0 atom stereocenters. The number of rotatable bonds is 11. The summed E-state index contributed by atoms with van der Waals surface area (Å²) in [4.78, 5) is 15.3. The minimum atomic E-state index is -0.00661. The quantitative estimate of drug-likeness (QED) is 0.253. The van der Waals surface area contributed by atoms with Crippen LogP contribution in [0.25, 0.3) is 0 Å². The SMILES string of the molecule is CCSc1ccc(N(CCOCc2ccccc2)C(C)=O)cc1NCc1ccc(Cl)cc1. The lowest BCUT2D eigenvalue weighted by Gasteiger charge is -2.23. The molecule has 4 nitrogen and oxygen atoms in total. The molecular weight excluding hydrogens is 440 g/mol. The molecule has 1 amide bonds. The summed E-state index contributed by atoms with van der Waals surface area (Å²) >= 11 is 7.77. The number of carbonyl (C=O) groups is 1. The van der Waals surface area contributed by atoms with Gasteiger partial charge in [-0.2, -0.15) is 0 Å². The van der Waals surface area contributed by atoms with Crippen LogP contribution < -0.4 is 10.2 Å². The monoisotopic (exact) mass is 468 g/mol. The van der Waals surface area contributed by atoms with Gasteiger partial charge in [0.1, 0.15) is 0 Å². The summed E-state index contributed by atoms with van der Waals surface area (Å²) in [5, 5.41) is 4.25. The highest BCUT2D eigenvalue weighted by Gasteiger charge is 2.14. The van der Waals surface area contributed by atoms with Crippen molar-refractivity contribution in [3.63, 3.8) is 0 Å². The van der Waals surface area contributed by atoms with Crippen LogP contribution in [-0.4, -0.2) is 24.8 Å². The van der Waals surface area contributed by atoms with E-state index in [9.17, 15) is 4.79 Å². The highest BCUT2D eigenvalue weighted by atomic mass is 35.5. The minimum Gasteiger partial charge on any atom is -0.380 e. The third-order valence-corrected chi connectivity index (χ3v) is 6.13. The van der Waals surface area contributed by atoms with Crippen molar-refractivity contribution in [1.82, 2.24) is 0 Å². The van der Waals surface area contributed by atoms with Crippen LogP contribution in [0.15, 0.2) is 77.7 Å². The van der Waals surface area contributed by atoms with Gasteiger partial charge in [0.25, 0.3) is 0 Å². The largest absolute Gasteiger partial charge is 0.380 e. The Morgan fingerprint density at radius 3 is 2.47 bits per heavy atom. The number of hydrogen-bond acceptors (Lipinski definition) is 4. The van der Waals surface area contributed by atoms with Gasteiger partial charge < -0.3 is 15.0 Å². The third-order valence-electron chi connectivity index (χ3n) is 4.92. The summed E-state index contributed by atoms with van der Waals surface area (Å²) in [6.45, 7) is 5.90. The predicted molar refractivity (Wildman–Crippen MR) is 136 cm³/mol. The van der Waals surface area contributed by atoms with E-state index in [0.29, 0.717) is 26.3 Å². The molecule has 0 aliphatic rings. The van der Waals surface area contributed by atoms with Crippen LogP contribution in [0, 0.1) is 0 Å². The van der Waals surface area contributed by atoms with Crippen molar-refractivity contribution >= 4 is 40.6 Å². The maximum Gasteiger partial charge on any atom is 0.223 e. The number of amides is 1. The van der Waals surface area contributed by atoms with Crippen molar-refractivity contribution in [2.75, 3.05) is 29.1 Å². The Morgan fingerprint density at radius 2 is 1.78 bits per heavy atom. The van der Waals surface area contributed by atoms with Gasteiger partial charge in [0.05, 0.1) is 18.9 Å². The molecule has 0 heterocycles. The number of ether oxygens (including phenoxy) is 1. The van der Waals surface area contributed by atoms with Crippen molar-refractivity contribution in [2.24, 2.45) is 0 Å². The Labute approximate surface area is 199 Å². The second-order valence-electron chi connectivity index (χ2n) is 7.30. The Morgan fingerprint density at radius 1 is 1.03 bits per heavy atom. The molecule has 168 valence electrons. The van der Waals surface area contributed by atoms with Crippen LogP contribution in [0.3, 0.4) is 0 Å². The molecule has 0 spiro atoms. The predicted octanol–water partition coefficient (Wildman–Crippen LogP) is 6.63. The molecule has 6 heteroatoms. The fourth-order valence-corrected chi connectivity index (χ4v) is 4.18. The Balaban J connectivity index is 1.68. The topological polar surface area (TPSA) is 41.6 Å². The molecule has 0 aliphatic heterocycles. The van der Waals surface area contributed by atoms with Crippen LogP contribution in [0.2, 0.25) is 5.02 Å². The average molecular weight is 469 g/mol. The van der Waals surface area contributed by atoms with Gasteiger partial charge in [-0.3, -0.25) is 4.79 Å². The molecule has 0 unspecified atom stereocenters. The summed E-state index contributed by atoms with van der Waals surface area (Å²) in [6, 6.07) is 24.0. The van der Waals surface area contributed by atoms with Crippen LogP contribution in [0.1, 0.15) is 25.0 Å². The normalized spacial score (nSPS) is 10.7. The van der Waals surface area contributed by atoms with Crippen molar-refractivity contribution in [3.05, 3.63) is 88.9 Å². The van der Waals surface area contributed by atoms with Gasteiger partial charge in [0, 0.05) is 35.6 Å². The van der Waals surface area contributed by atoms with Gasteiger partial charge in [0.15, 0.2) is 0 Å². The Kier molecular flexibility index (Phi) is 9.47. The molecule has 0 saturated carbocycles. The van der Waals surface area contributed by atoms with Gasteiger partial charge in [-0.1, -0.05) is 61.0 Å². The summed E-state index contributed by atoms with van der Waals surface area (Å²) < 4.78 is 5.80. The number of benzene rings is 3. The van der Waals surface area contributed by atoms with Crippen molar-refractivity contribution in [1.29, 1.82) is 0 Å². The number of nitrogens with one attached hydrogen (secondary N) is 1. The van der Waals surface area contributed by atoms with E-state index in [2.05, 4.69) is 18.3 Å². The summed E-state index contributed by atoms with van der Waals surface area (Å²) in [5.74, 6) is 0.964. The van der Waals surface area contributed by atoms with Gasteiger partial charge in [-0.05, 0) is 47.2 Å². The molecular formula is C26H29ClN2O2S. The van der Waals surface area contributed by atoms with Gasteiger partial charge >= 0.3 is 0 Å². The molecule has 3 rings (SSSR count). The molecule has 0 fully saturated rings. The number of thioether (sulfide) groups is 1. The van der Waals surface area contributed by atoms with Gasteiger partial charge in [-0.15, -0.1) is 11.8 Å². The van der Waals surface area contributed by atoms with Crippen molar-refractivity contribution in [2.45, 2.75) is 31.9 Å². The lowest BCUT2D eigenvalue weighted by atomic mass is 10.2. The smallest absolute Gasteiger partial charge is 0.223 e. The lowest BCUT2D eigenvalue weighted by molar-refractivity contribution is -0.116. The molecule has 0 aromatic heterocycles. The zero-order valence-electron chi connectivity index (χ0n) is 18.5. The molecule has 32 heavy (non-hydrogen) atoms. The Hall–Kier alpha value is -2.47. The molecule has 3 aromatic rings. The number of nitrogens with zero attached hydrogens (tertiary/aromatic N) is 1. The van der Waals surface area contributed by atoms with Gasteiger partial charge in [0.2, 0.25) is 5.91 Å². The summed E-state index contributed by atoms with van der Waals surface area (Å²) in [6.07, 6.45) is 0. The maximum atomic E-state index is 12.4. The van der Waals surface area contributed by atoms with Crippen LogP contribution >= 0.6 is 23.4 Å². The number of hydrogen-bond donors (Lipinski definition) is 1. The first-order valence-electron chi connectivity index (χ1n) is 10.7. The van der Waals surface area contributed by atoms with Crippen molar-refractivity contribution in [3.8, 4) is 0 Å². The second-order valence-corrected chi connectivity index (χ2v) is 9.04. The zero-order valence-corrected chi connectivity index (χ0v) is 20.1. The number of halogens is 1. The van der Waals surface area contributed by atoms with Crippen LogP contribution in [-0.2, 0) is 22.7 Å². The van der Waals surface area contributed by atoms with E-state index in [1.165, 1.54) is 0 Å². The number of carbonyl (C=O) groups excluding carboxylic acids is 1. The third kappa shape index (κ3) is 7.30. The molecule has 0 saturated heterocycles. The van der Waals surface area contributed by atoms with E-state index in [1.807, 2.05) is 66.7 Å². The zero-order chi connectivity index (χ0) is 22.8. The molecule has 1 N–H and O–H groups in total. The summed E-state index contributed by atoms with van der Waals surface area (Å²) in [7, 11) is 0. The molecule has 0 radical (unpaired) electrons. The fraction of sp³-hybridized carbons (Fsp3) is 0.269. The highest BCUT2D eigenvalue weighted by Crippen LogP contribution is 2.32. The average Bonchev–Trinajstić information content (AvgIpc) is 2.80. The standard InChI is InChI=1S/C26H29ClN2O2S/c1-3-32-26-14-13-24(17-25(26)28-18-21-9-11-23(27)12-10-21)29(20(2)30)15-16-31-19-22-7-5-4-6-8-22/h4-14,17,28H,3,15-16,18-19H2,1-2H3. The van der Waals surface area contributed by atoms with E-state index in [0.717, 1.165) is 38.2 Å². The van der Waals surface area contributed by atoms with Crippen LogP contribution in [0.5, 0.6) is 0 Å². The second kappa shape index (κ2) is 12.5. The molecule has 0 bridgehead atoms. The minimum absolute atomic E-state index is 0.00661. The van der Waals surface area contributed by atoms with E-state index in [-0.39, 0.29) is 5.91 Å². The van der Waals surface area contributed by atoms with Gasteiger partial charge in [-0.25, -0.2) is 0 Å². The fourth-order valence-electron chi connectivity index (χ4n) is 3.29.